The van der Waals surface area contributed by atoms with Gasteiger partial charge in [-0.2, -0.15) is 5.90 Å². The van der Waals surface area contributed by atoms with E-state index in [1.54, 1.807) is 0 Å². The Bertz CT molecular complexity index is 58.0. The van der Waals surface area contributed by atoms with Crippen LogP contribution in [0.4, 0.5) is 0 Å². The minimum Gasteiger partial charge on any atom is -0.496 e. The van der Waals surface area contributed by atoms with Crippen molar-refractivity contribution in [2.45, 2.75) is 6.92 Å². The van der Waals surface area contributed by atoms with Gasteiger partial charge in [0.1, 0.15) is 0 Å². The lowest BCUT2D eigenvalue weighted by Gasteiger charge is -1.79. The minimum absolute atomic E-state index is 0.468. The summed E-state index contributed by atoms with van der Waals surface area (Å²) >= 11 is -1.58. The molecular weight excluding hydrogens is 129 g/mol. The van der Waals surface area contributed by atoms with Crippen molar-refractivity contribution in [1.29, 1.82) is 0 Å². The number of carbonyl (C=O) groups excluding carboxylic acids is 1. The van der Waals surface area contributed by atoms with Crippen LogP contribution in [0.15, 0.2) is 0 Å². The molecule has 0 atom stereocenters. The van der Waals surface area contributed by atoms with E-state index in [0.29, 0.717) is 0 Å². The predicted molar refractivity (Wildman–Crippen MR) is 27.5 cm³/mol. The largest absolute Gasteiger partial charge is 0.644 e. The highest BCUT2D eigenvalue weighted by atomic mass is 27.2. The van der Waals surface area contributed by atoms with Gasteiger partial charge in [-0.3, -0.25) is 4.79 Å². The van der Waals surface area contributed by atoms with Crippen LogP contribution in [0.5, 0.6) is 0 Å². The van der Waals surface area contributed by atoms with Gasteiger partial charge in [0.25, 0.3) is 0 Å². The molecule has 8 heavy (non-hydrogen) atoms. The molecule has 0 radical (unpaired) electrons. The number of rotatable bonds is 0. The first-order valence-corrected chi connectivity index (χ1v) is 3.04. The van der Waals surface area contributed by atoms with Gasteiger partial charge in [-0.05, 0) is 0 Å². The summed E-state index contributed by atoms with van der Waals surface area (Å²) in [7, 11) is 0. The average molecular weight is 137 g/mol. The van der Waals surface area contributed by atoms with Crippen LogP contribution in [-0.2, 0) is 9.63 Å². The fourth-order valence-corrected chi connectivity index (χ4v) is 0. The van der Waals surface area contributed by atoms with Crippen molar-refractivity contribution < 1.29 is 17.9 Å². The van der Waals surface area contributed by atoms with Gasteiger partial charge in [0.2, 0.25) is 0 Å². The normalized spacial score (nSPS) is 6.00. The molecular formula is C2H8AlNO4. The lowest BCUT2D eigenvalue weighted by atomic mass is 10.8. The topological polar surface area (TPSA) is 92.8 Å². The maximum Gasteiger partial charge on any atom is 0.644 e. The highest BCUT2D eigenvalue weighted by Crippen LogP contribution is 1.55. The second-order valence-electron chi connectivity index (χ2n) is 0.751. The summed E-state index contributed by atoms with van der Waals surface area (Å²) in [5, 5.41) is 0. The Labute approximate surface area is 53.4 Å². The van der Waals surface area contributed by atoms with Crippen LogP contribution in [0.2, 0.25) is 0 Å². The maximum absolute atomic E-state index is 9.47. The monoisotopic (exact) mass is 137 g/mol. The predicted octanol–water partition coefficient (Wildman–Crippen LogP) is -2.34. The van der Waals surface area contributed by atoms with Crippen LogP contribution < -0.4 is 5.90 Å². The van der Waals surface area contributed by atoms with Crippen LogP contribution >= 0.6 is 0 Å². The summed E-state index contributed by atoms with van der Waals surface area (Å²) in [4.78, 5) is 13.1. The quantitative estimate of drug-likeness (QED) is 0.257. The molecule has 0 aliphatic heterocycles. The van der Waals surface area contributed by atoms with Gasteiger partial charge >= 0.3 is 21.9 Å². The third-order valence-corrected chi connectivity index (χ3v) is 0.166. The maximum atomic E-state index is 9.47. The molecule has 0 fully saturated rings. The summed E-state index contributed by atoms with van der Waals surface area (Å²) in [5.41, 5.74) is 0. The molecule has 0 aromatic carbocycles. The Morgan fingerprint density at radius 2 is 1.88 bits per heavy atom. The van der Waals surface area contributed by atoms with Gasteiger partial charge in [-0.25, -0.2) is 0 Å². The standard InChI is InChI=1S/C2H5NO2.Al.2H2O.H/c1-2(4)5-3;;;;/h3H2,1H3;;2*1H2;/q;+2;;;/p-2. The Morgan fingerprint density at radius 3 is 1.88 bits per heavy atom. The van der Waals surface area contributed by atoms with Gasteiger partial charge < -0.3 is 13.2 Å². The first kappa shape index (κ1) is 10.8. The Morgan fingerprint density at radius 1 is 1.75 bits per heavy atom. The van der Waals surface area contributed by atoms with Crippen molar-refractivity contribution in [3.63, 3.8) is 0 Å². The Balaban J connectivity index is 0. The van der Waals surface area contributed by atoms with Crippen LogP contribution in [0.25, 0.3) is 0 Å². The molecule has 0 saturated heterocycles. The molecule has 48 valence electrons. The van der Waals surface area contributed by atoms with E-state index in [9.17, 15) is 4.79 Å². The SMILES string of the molecule is CC(=O)ON.[OH][AlH][OH]. The zero-order chi connectivity index (χ0) is 6.99. The molecule has 0 bridgehead atoms. The fraction of sp³-hybridized carbons (Fsp3) is 0.500. The molecule has 0 heterocycles. The number of hydrogen-bond acceptors (Lipinski definition) is 5. The summed E-state index contributed by atoms with van der Waals surface area (Å²) < 4.78 is 14.5. The Hall–Kier alpha value is -0.118. The van der Waals surface area contributed by atoms with Gasteiger partial charge in [0.15, 0.2) is 0 Å². The molecule has 0 unspecified atom stereocenters. The highest BCUT2D eigenvalue weighted by molar-refractivity contribution is 6.13. The minimum atomic E-state index is -1.58. The van der Waals surface area contributed by atoms with Crippen molar-refractivity contribution >= 4 is 21.9 Å². The van der Waals surface area contributed by atoms with Gasteiger partial charge in [-0.15, -0.1) is 0 Å². The van der Waals surface area contributed by atoms with E-state index in [4.69, 9.17) is 8.32 Å². The van der Waals surface area contributed by atoms with Crippen LogP contribution in [0.1, 0.15) is 6.92 Å². The first-order valence-electron chi connectivity index (χ1n) is 1.78. The first-order chi connectivity index (χ1) is 3.68. The zero-order valence-corrected chi connectivity index (χ0v) is 5.91. The smallest absolute Gasteiger partial charge is 0.496 e. The van der Waals surface area contributed by atoms with E-state index >= 15 is 0 Å². The van der Waals surface area contributed by atoms with Gasteiger partial charge in [0, 0.05) is 6.92 Å². The van der Waals surface area contributed by atoms with Crippen molar-refractivity contribution in [3.05, 3.63) is 0 Å². The third-order valence-electron chi connectivity index (χ3n) is 0.166. The number of hydrogen-bond donors (Lipinski definition) is 3. The van der Waals surface area contributed by atoms with Crippen LogP contribution in [0.3, 0.4) is 0 Å². The second kappa shape index (κ2) is 9.99. The lowest BCUT2D eigenvalue weighted by molar-refractivity contribution is -0.141. The van der Waals surface area contributed by atoms with Crippen LogP contribution in [0, 0.1) is 0 Å². The van der Waals surface area contributed by atoms with Crippen molar-refractivity contribution in [2.24, 2.45) is 5.90 Å². The molecule has 0 aliphatic rings. The lowest BCUT2D eigenvalue weighted by Crippen LogP contribution is -2.03. The van der Waals surface area contributed by atoms with Gasteiger partial charge in [0.05, 0.1) is 0 Å². The summed E-state index contributed by atoms with van der Waals surface area (Å²) in [6.07, 6.45) is 0. The summed E-state index contributed by atoms with van der Waals surface area (Å²) in [5.74, 6) is 3.85. The van der Waals surface area contributed by atoms with Crippen molar-refractivity contribution in [3.8, 4) is 0 Å². The van der Waals surface area contributed by atoms with E-state index in [1.807, 2.05) is 0 Å². The van der Waals surface area contributed by atoms with Crippen LogP contribution in [-0.4, -0.2) is 30.2 Å². The molecule has 0 amide bonds. The molecule has 0 aromatic heterocycles. The molecule has 4 N–H and O–H groups in total. The molecule has 0 spiro atoms. The van der Waals surface area contributed by atoms with E-state index < -0.39 is 21.9 Å². The van der Waals surface area contributed by atoms with Crippen molar-refractivity contribution in [2.75, 3.05) is 0 Å². The molecule has 6 heteroatoms. The third kappa shape index (κ3) is 39.6. The summed E-state index contributed by atoms with van der Waals surface area (Å²) in [6.45, 7) is 1.24. The second-order valence-corrected chi connectivity index (χ2v) is 1.03. The van der Waals surface area contributed by atoms with E-state index in [-0.39, 0.29) is 0 Å². The molecule has 0 aliphatic carbocycles. The molecule has 0 aromatic rings. The summed E-state index contributed by atoms with van der Waals surface area (Å²) in [6, 6.07) is 0. The number of nitrogens with two attached hydrogens (primary N) is 1. The average Bonchev–Trinajstić information content (AvgIpc) is 1.69. The number of carbonyl (C=O) groups is 1. The van der Waals surface area contributed by atoms with E-state index in [0.717, 1.165) is 0 Å². The molecule has 0 rings (SSSR count). The van der Waals surface area contributed by atoms with E-state index in [2.05, 4.69) is 10.7 Å². The highest BCUT2D eigenvalue weighted by Gasteiger charge is 1.77. The Kier molecular flexibility index (Phi) is 13.5. The molecule has 0 saturated carbocycles. The zero-order valence-electron chi connectivity index (χ0n) is 4.50. The molecule has 5 nitrogen and oxygen atoms in total. The van der Waals surface area contributed by atoms with Crippen molar-refractivity contribution in [1.82, 2.24) is 0 Å². The van der Waals surface area contributed by atoms with Gasteiger partial charge in [-0.1, -0.05) is 0 Å². The van der Waals surface area contributed by atoms with E-state index in [1.165, 1.54) is 6.92 Å². The fourth-order valence-electron chi connectivity index (χ4n) is 0.